The Labute approximate surface area is 99.0 Å². The third-order valence-electron chi connectivity index (χ3n) is 3.80. The normalized spacial score (nSPS) is 23.2. The molecule has 0 spiro atoms. The maximum atomic E-state index is 9.29. The lowest BCUT2D eigenvalue weighted by Crippen LogP contribution is -2.47. The summed E-state index contributed by atoms with van der Waals surface area (Å²) < 4.78 is 5.35. The Morgan fingerprint density at radius 3 is 2.50 bits per heavy atom. The van der Waals surface area contributed by atoms with E-state index in [4.69, 9.17) is 4.74 Å². The van der Waals surface area contributed by atoms with E-state index in [-0.39, 0.29) is 12.1 Å². The summed E-state index contributed by atoms with van der Waals surface area (Å²) in [7, 11) is 3.71. The van der Waals surface area contributed by atoms with E-state index >= 15 is 0 Å². The molecule has 16 heavy (non-hydrogen) atoms. The van der Waals surface area contributed by atoms with Gasteiger partial charge < -0.3 is 20.1 Å². The van der Waals surface area contributed by atoms with Crippen LogP contribution in [-0.2, 0) is 4.74 Å². The first-order chi connectivity index (χ1) is 7.63. The summed E-state index contributed by atoms with van der Waals surface area (Å²) >= 11 is 0. The van der Waals surface area contributed by atoms with E-state index < -0.39 is 0 Å². The summed E-state index contributed by atoms with van der Waals surface area (Å²) in [4.78, 5) is 2.46. The highest BCUT2D eigenvalue weighted by Crippen LogP contribution is 2.15. The molecule has 1 aliphatic heterocycles. The van der Waals surface area contributed by atoms with Gasteiger partial charge in [-0.05, 0) is 39.8 Å². The molecule has 0 aromatic rings. The van der Waals surface area contributed by atoms with Crippen LogP contribution in [0.2, 0.25) is 0 Å². The van der Waals surface area contributed by atoms with E-state index in [0.29, 0.717) is 6.10 Å². The van der Waals surface area contributed by atoms with Crippen molar-refractivity contribution in [3.63, 3.8) is 0 Å². The number of hydrogen-bond donors (Lipinski definition) is 2. The van der Waals surface area contributed by atoms with Gasteiger partial charge in [-0.1, -0.05) is 0 Å². The van der Waals surface area contributed by atoms with Gasteiger partial charge in [-0.15, -0.1) is 0 Å². The van der Waals surface area contributed by atoms with E-state index in [9.17, 15) is 5.11 Å². The summed E-state index contributed by atoms with van der Waals surface area (Å²) in [6, 6.07) is 0. The standard InChI is InChI=1S/C12H26N2O2/c1-12(10-15,13-2)6-9-14-7-4-11(16-3)5-8-14/h11,13,15H,4-10H2,1-3H3. The van der Waals surface area contributed by atoms with E-state index in [1.165, 1.54) is 0 Å². The van der Waals surface area contributed by atoms with Crippen molar-refractivity contribution in [3.05, 3.63) is 0 Å². The van der Waals surface area contributed by atoms with Crippen molar-refractivity contribution in [1.29, 1.82) is 0 Å². The minimum absolute atomic E-state index is 0.141. The van der Waals surface area contributed by atoms with Crippen LogP contribution in [0.5, 0.6) is 0 Å². The maximum absolute atomic E-state index is 9.29. The van der Waals surface area contributed by atoms with Gasteiger partial charge in [-0.25, -0.2) is 0 Å². The lowest BCUT2D eigenvalue weighted by Gasteiger charge is -2.34. The van der Waals surface area contributed by atoms with Crippen LogP contribution in [0.25, 0.3) is 0 Å². The fourth-order valence-corrected chi connectivity index (χ4v) is 2.06. The molecule has 96 valence electrons. The molecule has 1 heterocycles. The van der Waals surface area contributed by atoms with Crippen LogP contribution in [0.1, 0.15) is 26.2 Å². The molecule has 0 amide bonds. The van der Waals surface area contributed by atoms with Gasteiger partial charge >= 0.3 is 0 Å². The number of ether oxygens (including phenoxy) is 1. The van der Waals surface area contributed by atoms with Gasteiger partial charge in [0.15, 0.2) is 0 Å². The number of aliphatic hydroxyl groups is 1. The lowest BCUT2D eigenvalue weighted by atomic mass is 9.98. The first-order valence-electron chi connectivity index (χ1n) is 6.18. The molecule has 4 heteroatoms. The zero-order chi connectivity index (χ0) is 12.0. The van der Waals surface area contributed by atoms with Crippen LogP contribution in [0, 0.1) is 0 Å². The number of piperidine rings is 1. The van der Waals surface area contributed by atoms with Gasteiger partial charge in [0, 0.05) is 25.7 Å². The monoisotopic (exact) mass is 230 g/mol. The Balaban J connectivity index is 2.24. The van der Waals surface area contributed by atoms with Gasteiger partial charge in [-0.2, -0.15) is 0 Å². The molecule has 1 saturated heterocycles. The smallest absolute Gasteiger partial charge is 0.0610 e. The highest BCUT2D eigenvalue weighted by Gasteiger charge is 2.24. The molecule has 1 fully saturated rings. The molecule has 1 unspecified atom stereocenters. The summed E-state index contributed by atoms with van der Waals surface area (Å²) in [5.74, 6) is 0. The first-order valence-corrected chi connectivity index (χ1v) is 6.18. The third kappa shape index (κ3) is 4.01. The molecule has 0 radical (unpaired) electrons. The quantitative estimate of drug-likeness (QED) is 0.696. The van der Waals surface area contributed by atoms with Crippen LogP contribution < -0.4 is 5.32 Å². The minimum atomic E-state index is -0.141. The first kappa shape index (κ1) is 13.9. The van der Waals surface area contributed by atoms with Gasteiger partial charge in [-0.3, -0.25) is 0 Å². The lowest BCUT2D eigenvalue weighted by molar-refractivity contribution is 0.0371. The molecule has 0 bridgehead atoms. The molecule has 4 nitrogen and oxygen atoms in total. The second kappa shape index (κ2) is 6.55. The number of nitrogens with one attached hydrogen (secondary N) is 1. The number of methoxy groups -OCH3 is 1. The van der Waals surface area contributed by atoms with Crippen LogP contribution in [0.3, 0.4) is 0 Å². The molecule has 1 atom stereocenters. The highest BCUT2D eigenvalue weighted by atomic mass is 16.5. The predicted octanol–water partition coefficient (Wildman–Crippen LogP) is 0.458. The average Bonchev–Trinajstić information content (AvgIpc) is 2.36. The Morgan fingerprint density at radius 1 is 1.44 bits per heavy atom. The summed E-state index contributed by atoms with van der Waals surface area (Å²) in [5.41, 5.74) is -0.141. The van der Waals surface area contributed by atoms with E-state index in [1.807, 2.05) is 7.05 Å². The molecule has 0 saturated carbocycles. The van der Waals surface area contributed by atoms with Crippen molar-refractivity contribution < 1.29 is 9.84 Å². The number of likely N-dealkylation sites (N-methyl/N-ethyl adjacent to an activating group) is 1. The zero-order valence-corrected chi connectivity index (χ0v) is 10.8. The molecular weight excluding hydrogens is 204 g/mol. The number of aliphatic hydroxyl groups excluding tert-OH is 1. The van der Waals surface area contributed by atoms with Crippen molar-refractivity contribution in [3.8, 4) is 0 Å². The van der Waals surface area contributed by atoms with Crippen molar-refractivity contribution in [2.45, 2.75) is 37.8 Å². The second-order valence-corrected chi connectivity index (χ2v) is 5.00. The van der Waals surface area contributed by atoms with Crippen molar-refractivity contribution in [2.24, 2.45) is 0 Å². The largest absolute Gasteiger partial charge is 0.394 e. The minimum Gasteiger partial charge on any atom is -0.394 e. The Bertz CT molecular complexity index is 187. The Morgan fingerprint density at radius 2 is 2.06 bits per heavy atom. The van der Waals surface area contributed by atoms with Crippen LogP contribution in [0.15, 0.2) is 0 Å². The van der Waals surface area contributed by atoms with Crippen LogP contribution in [0.4, 0.5) is 0 Å². The Kier molecular flexibility index (Phi) is 5.69. The molecule has 0 aliphatic carbocycles. The SMILES string of the molecule is CNC(C)(CO)CCN1CCC(OC)CC1. The summed E-state index contributed by atoms with van der Waals surface area (Å²) in [6.45, 7) is 5.54. The average molecular weight is 230 g/mol. The molecule has 0 aromatic heterocycles. The topological polar surface area (TPSA) is 44.7 Å². The molecule has 0 aromatic carbocycles. The van der Waals surface area contributed by atoms with Gasteiger partial charge in [0.2, 0.25) is 0 Å². The second-order valence-electron chi connectivity index (χ2n) is 5.00. The fraction of sp³-hybridized carbons (Fsp3) is 1.00. The predicted molar refractivity (Wildman–Crippen MR) is 65.6 cm³/mol. The third-order valence-corrected chi connectivity index (χ3v) is 3.80. The summed E-state index contributed by atoms with van der Waals surface area (Å²) in [5, 5.41) is 12.5. The number of nitrogens with zero attached hydrogens (tertiary/aromatic N) is 1. The van der Waals surface area contributed by atoms with Crippen LogP contribution >= 0.6 is 0 Å². The molecule has 2 N–H and O–H groups in total. The van der Waals surface area contributed by atoms with Crippen molar-refractivity contribution in [2.75, 3.05) is 40.4 Å². The van der Waals surface area contributed by atoms with Crippen molar-refractivity contribution >= 4 is 0 Å². The Hall–Kier alpha value is -0.160. The maximum Gasteiger partial charge on any atom is 0.0610 e. The van der Waals surface area contributed by atoms with E-state index in [2.05, 4.69) is 17.1 Å². The van der Waals surface area contributed by atoms with E-state index in [1.54, 1.807) is 7.11 Å². The van der Waals surface area contributed by atoms with Crippen LogP contribution in [-0.4, -0.2) is 62.0 Å². The van der Waals surface area contributed by atoms with Gasteiger partial charge in [0.25, 0.3) is 0 Å². The zero-order valence-electron chi connectivity index (χ0n) is 10.8. The van der Waals surface area contributed by atoms with Crippen molar-refractivity contribution in [1.82, 2.24) is 10.2 Å². The van der Waals surface area contributed by atoms with Gasteiger partial charge in [0.1, 0.15) is 0 Å². The number of hydrogen-bond acceptors (Lipinski definition) is 4. The molecule has 1 aliphatic rings. The number of likely N-dealkylation sites (tertiary alicyclic amines) is 1. The van der Waals surface area contributed by atoms with Gasteiger partial charge in [0.05, 0.1) is 12.7 Å². The summed E-state index contributed by atoms with van der Waals surface area (Å²) in [6.07, 6.45) is 3.69. The fourth-order valence-electron chi connectivity index (χ4n) is 2.06. The molecule has 1 rings (SSSR count). The highest BCUT2D eigenvalue weighted by molar-refractivity contribution is 4.83. The van der Waals surface area contributed by atoms with E-state index in [0.717, 1.165) is 38.9 Å². The number of rotatable bonds is 6. The molecular formula is C12H26N2O2.